The number of nitrogens with one attached hydrogen (secondary N) is 2. The molecule has 1 aromatic heterocycles. The van der Waals surface area contributed by atoms with Gasteiger partial charge in [-0.1, -0.05) is 19.8 Å². The van der Waals surface area contributed by atoms with Crippen molar-refractivity contribution in [1.82, 2.24) is 15.6 Å². The van der Waals surface area contributed by atoms with Crippen molar-refractivity contribution in [3.63, 3.8) is 0 Å². The lowest BCUT2D eigenvalue weighted by Crippen LogP contribution is -2.39. The highest BCUT2D eigenvalue weighted by molar-refractivity contribution is 7.11. The van der Waals surface area contributed by atoms with E-state index in [0.717, 1.165) is 51.5 Å². The van der Waals surface area contributed by atoms with Crippen molar-refractivity contribution in [2.45, 2.75) is 58.8 Å². The van der Waals surface area contributed by atoms with Crippen LogP contribution in [0.3, 0.4) is 0 Å². The second kappa shape index (κ2) is 10.8. The van der Waals surface area contributed by atoms with E-state index in [-0.39, 0.29) is 0 Å². The number of methoxy groups -OCH3 is 1. The molecule has 0 aliphatic heterocycles. The largest absolute Gasteiger partial charge is 0.385 e. The number of hydrogen-bond donors (Lipinski definition) is 2. The SMILES string of the molecule is CCNC(=NCC1(CCOC)CCCC1)NCCc1ncc(CC)s1. The molecule has 0 aromatic carbocycles. The van der Waals surface area contributed by atoms with Crippen molar-refractivity contribution in [2.24, 2.45) is 10.4 Å². The van der Waals surface area contributed by atoms with Gasteiger partial charge in [-0.3, -0.25) is 4.99 Å². The summed E-state index contributed by atoms with van der Waals surface area (Å²) in [6.07, 6.45) is 10.3. The van der Waals surface area contributed by atoms with Crippen LogP contribution in [-0.2, 0) is 17.6 Å². The standard InChI is InChI=1S/C19H34N4OS/c1-4-16-14-22-17(25-16)8-12-21-18(20-5-2)23-15-19(11-13-24-3)9-6-7-10-19/h14H,4-13,15H2,1-3H3,(H2,20,21,23). The molecular formula is C19H34N4OS. The zero-order chi connectivity index (χ0) is 18.0. The monoisotopic (exact) mass is 366 g/mol. The Balaban J connectivity index is 1.86. The van der Waals surface area contributed by atoms with Gasteiger partial charge in [0.15, 0.2) is 5.96 Å². The number of aromatic nitrogens is 1. The van der Waals surface area contributed by atoms with Crippen LogP contribution in [-0.4, -0.2) is 44.3 Å². The van der Waals surface area contributed by atoms with Gasteiger partial charge in [0.2, 0.25) is 0 Å². The summed E-state index contributed by atoms with van der Waals surface area (Å²) in [5.74, 6) is 0.929. The van der Waals surface area contributed by atoms with Crippen LogP contribution in [0, 0.1) is 5.41 Å². The third-order valence-electron chi connectivity index (χ3n) is 5.00. The summed E-state index contributed by atoms with van der Waals surface area (Å²) in [4.78, 5) is 10.7. The van der Waals surface area contributed by atoms with Crippen molar-refractivity contribution in [2.75, 3.05) is 33.4 Å². The molecule has 1 aliphatic carbocycles. The summed E-state index contributed by atoms with van der Waals surface area (Å²) in [7, 11) is 1.79. The predicted octanol–water partition coefficient (Wildman–Crippen LogP) is 3.40. The van der Waals surface area contributed by atoms with E-state index in [4.69, 9.17) is 9.73 Å². The fourth-order valence-corrected chi connectivity index (χ4v) is 4.30. The van der Waals surface area contributed by atoms with Gasteiger partial charge in [0, 0.05) is 50.8 Å². The molecule has 2 rings (SSSR count). The molecule has 1 fully saturated rings. The molecule has 0 unspecified atom stereocenters. The molecule has 0 spiro atoms. The molecule has 1 aromatic rings. The van der Waals surface area contributed by atoms with Crippen molar-refractivity contribution >= 4 is 17.3 Å². The van der Waals surface area contributed by atoms with Crippen LogP contribution in [0.4, 0.5) is 0 Å². The van der Waals surface area contributed by atoms with E-state index in [1.165, 1.54) is 35.6 Å². The molecule has 0 amide bonds. The minimum Gasteiger partial charge on any atom is -0.385 e. The van der Waals surface area contributed by atoms with Gasteiger partial charge in [-0.2, -0.15) is 0 Å². The Morgan fingerprint density at radius 3 is 2.76 bits per heavy atom. The molecule has 1 saturated carbocycles. The third kappa shape index (κ3) is 6.59. The molecular weight excluding hydrogens is 332 g/mol. The molecule has 142 valence electrons. The van der Waals surface area contributed by atoms with Crippen LogP contribution < -0.4 is 10.6 Å². The molecule has 2 N–H and O–H groups in total. The van der Waals surface area contributed by atoms with Crippen LogP contribution in [0.15, 0.2) is 11.2 Å². The lowest BCUT2D eigenvalue weighted by atomic mass is 9.83. The second-order valence-corrected chi connectivity index (χ2v) is 8.10. The van der Waals surface area contributed by atoms with Crippen molar-refractivity contribution in [3.05, 3.63) is 16.1 Å². The Morgan fingerprint density at radius 2 is 2.12 bits per heavy atom. The molecule has 0 radical (unpaired) electrons. The number of guanidine groups is 1. The van der Waals surface area contributed by atoms with Gasteiger partial charge in [-0.05, 0) is 38.0 Å². The quantitative estimate of drug-likeness (QED) is 0.492. The first-order valence-electron chi connectivity index (χ1n) is 9.66. The highest BCUT2D eigenvalue weighted by atomic mass is 32.1. The van der Waals surface area contributed by atoms with E-state index in [2.05, 4.69) is 29.5 Å². The normalized spacial score (nSPS) is 17.0. The van der Waals surface area contributed by atoms with E-state index >= 15 is 0 Å². The Hall–Kier alpha value is -1.14. The van der Waals surface area contributed by atoms with Crippen molar-refractivity contribution < 1.29 is 4.74 Å². The van der Waals surface area contributed by atoms with Gasteiger partial charge < -0.3 is 15.4 Å². The van der Waals surface area contributed by atoms with Gasteiger partial charge in [-0.15, -0.1) is 11.3 Å². The Morgan fingerprint density at radius 1 is 1.32 bits per heavy atom. The smallest absolute Gasteiger partial charge is 0.191 e. The number of hydrogen-bond acceptors (Lipinski definition) is 4. The van der Waals surface area contributed by atoms with Crippen molar-refractivity contribution in [1.29, 1.82) is 0 Å². The number of ether oxygens (including phenoxy) is 1. The first-order valence-corrected chi connectivity index (χ1v) is 10.5. The lowest BCUT2D eigenvalue weighted by Gasteiger charge is -2.27. The van der Waals surface area contributed by atoms with Gasteiger partial charge in [0.25, 0.3) is 0 Å². The van der Waals surface area contributed by atoms with Crippen LogP contribution in [0.25, 0.3) is 0 Å². The van der Waals surface area contributed by atoms with Gasteiger partial charge in [0.1, 0.15) is 0 Å². The topological polar surface area (TPSA) is 58.5 Å². The average molecular weight is 367 g/mol. The maximum absolute atomic E-state index is 5.32. The molecule has 0 saturated heterocycles. The summed E-state index contributed by atoms with van der Waals surface area (Å²) in [6, 6.07) is 0. The number of thiazole rings is 1. The first kappa shape index (κ1) is 20.2. The second-order valence-electron chi connectivity index (χ2n) is 6.90. The minimum absolute atomic E-state index is 0.337. The van der Waals surface area contributed by atoms with E-state index < -0.39 is 0 Å². The highest BCUT2D eigenvalue weighted by Crippen LogP contribution is 2.41. The lowest BCUT2D eigenvalue weighted by molar-refractivity contribution is 0.141. The maximum atomic E-state index is 5.32. The number of nitrogens with zero attached hydrogens (tertiary/aromatic N) is 2. The summed E-state index contributed by atoms with van der Waals surface area (Å²) >= 11 is 1.81. The van der Waals surface area contributed by atoms with Crippen LogP contribution >= 0.6 is 11.3 Å². The minimum atomic E-state index is 0.337. The van der Waals surface area contributed by atoms with Gasteiger partial charge in [0.05, 0.1) is 5.01 Å². The van der Waals surface area contributed by atoms with Gasteiger partial charge >= 0.3 is 0 Å². The first-order chi connectivity index (χ1) is 12.2. The molecule has 6 heteroatoms. The molecule has 1 aliphatic rings. The summed E-state index contributed by atoms with van der Waals surface area (Å²) in [5, 5.41) is 8.04. The van der Waals surface area contributed by atoms with Crippen molar-refractivity contribution in [3.8, 4) is 0 Å². The van der Waals surface area contributed by atoms with E-state index in [9.17, 15) is 0 Å². The summed E-state index contributed by atoms with van der Waals surface area (Å²) in [6.45, 7) is 7.77. The highest BCUT2D eigenvalue weighted by Gasteiger charge is 2.33. The average Bonchev–Trinajstić information content (AvgIpc) is 3.28. The third-order valence-corrected chi connectivity index (χ3v) is 6.20. The summed E-state index contributed by atoms with van der Waals surface area (Å²) in [5.41, 5.74) is 0.337. The number of aryl methyl sites for hydroxylation is 1. The van der Waals surface area contributed by atoms with E-state index in [1.54, 1.807) is 7.11 Å². The van der Waals surface area contributed by atoms with Crippen LogP contribution in [0.2, 0.25) is 0 Å². The zero-order valence-electron chi connectivity index (χ0n) is 16.1. The summed E-state index contributed by atoms with van der Waals surface area (Å²) < 4.78 is 5.32. The molecule has 0 bridgehead atoms. The maximum Gasteiger partial charge on any atom is 0.191 e. The Bertz CT molecular complexity index is 523. The molecule has 0 atom stereocenters. The fraction of sp³-hybridized carbons (Fsp3) is 0.789. The predicted molar refractivity (Wildman–Crippen MR) is 107 cm³/mol. The Labute approximate surface area is 156 Å². The Kier molecular flexibility index (Phi) is 8.68. The van der Waals surface area contributed by atoms with E-state index in [1.807, 2.05) is 17.5 Å². The number of aliphatic imine (C=N–C) groups is 1. The fourth-order valence-electron chi connectivity index (χ4n) is 3.43. The molecule has 25 heavy (non-hydrogen) atoms. The zero-order valence-corrected chi connectivity index (χ0v) is 16.9. The van der Waals surface area contributed by atoms with Crippen LogP contribution in [0.5, 0.6) is 0 Å². The van der Waals surface area contributed by atoms with E-state index in [0.29, 0.717) is 5.41 Å². The molecule has 1 heterocycles. The number of rotatable bonds is 10. The van der Waals surface area contributed by atoms with Crippen LogP contribution in [0.1, 0.15) is 55.8 Å². The van der Waals surface area contributed by atoms with Gasteiger partial charge in [-0.25, -0.2) is 4.98 Å². The molecule has 5 nitrogen and oxygen atoms in total.